The maximum atomic E-state index is 6.34. The van der Waals surface area contributed by atoms with Gasteiger partial charge in [0, 0.05) is 5.02 Å². The maximum Gasteiger partial charge on any atom is 0.0758 e. The molecule has 0 amide bonds. The van der Waals surface area contributed by atoms with Crippen LogP contribution in [0.3, 0.4) is 0 Å². The van der Waals surface area contributed by atoms with Crippen LogP contribution in [0.4, 0.5) is 0 Å². The van der Waals surface area contributed by atoms with E-state index < -0.39 is 0 Å². The van der Waals surface area contributed by atoms with Crippen molar-refractivity contribution in [3.05, 3.63) is 64.9 Å². The van der Waals surface area contributed by atoms with E-state index in [1.165, 1.54) is 5.57 Å². The van der Waals surface area contributed by atoms with Gasteiger partial charge in [0.25, 0.3) is 0 Å². The number of hydrogen-bond donors (Lipinski definition) is 1. The molecule has 0 spiro atoms. The van der Waals surface area contributed by atoms with Gasteiger partial charge < -0.3 is 4.90 Å². The summed E-state index contributed by atoms with van der Waals surface area (Å²) in [5.41, 5.74) is 7.24. The van der Waals surface area contributed by atoms with Crippen LogP contribution in [-0.4, -0.2) is 32.1 Å². The number of nitrogens with zero attached hydrogens (tertiary/aromatic N) is 1. The molecule has 1 aromatic rings. The van der Waals surface area contributed by atoms with E-state index in [0.717, 1.165) is 41.2 Å². The molecule has 25 heavy (non-hydrogen) atoms. The smallest absolute Gasteiger partial charge is 0.0758 e. The first-order valence-corrected chi connectivity index (χ1v) is 9.06. The van der Waals surface area contributed by atoms with Crippen molar-refractivity contribution in [2.45, 2.75) is 26.7 Å². The topological polar surface area (TPSA) is 24.5 Å². The molecular formula is C21H29ClN2O. The Kier molecular flexibility index (Phi) is 6.88. The second-order valence-corrected chi connectivity index (χ2v) is 7.91. The average molecular weight is 361 g/mol. The molecule has 1 aliphatic rings. The van der Waals surface area contributed by atoms with Gasteiger partial charge in [0.1, 0.15) is 0 Å². The Hall–Kier alpha value is -1.55. The molecule has 0 aromatic heterocycles. The fourth-order valence-electron chi connectivity index (χ4n) is 2.96. The fourth-order valence-corrected chi connectivity index (χ4v) is 3.21. The van der Waals surface area contributed by atoms with Gasteiger partial charge in [0.2, 0.25) is 0 Å². The summed E-state index contributed by atoms with van der Waals surface area (Å²) in [5.74, 6) is 0. The maximum absolute atomic E-state index is 6.34. The van der Waals surface area contributed by atoms with Crippen molar-refractivity contribution >= 4 is 17.2 Å². The third kappa shape index (κ3) is 6.03. The molecule has 0 atom stereocenters. The van der Waals surface area contributed by atoms with E-state index in [2.05, 4.69) is 57.1 Å². The molecule has 0 saturated carbocycles. The Morgan fingerprint density at radius 2 is 2.04 bits per heavy atom. The molecule has 4 heteroatoms. The van der Waals surface area contributed by atoms with Gasteiger partial charge in [-0.2, -0.15) is 0 Å². The summed E-state index contributed by atoms with van der Waals surface area (Å²) in [5, 5.41) is 0.732. The van der Waals surface area contributed by atoms with Gasteiger partial charge in [0.05, 0.1) is 12.3 Å². The lowest BCUT2D eigenvalue weighted by Gasteiger charge is -2.29. The van der Waals surface area contributed by atoms with Crippen LogP contribution < -0.4 is 5.48 Å². The van der Waals surface area contributed by atoms with Crippen LogP contribution >= 0.6 is 11.6 Å². The minimum Gasteiger partial charge on any atom is -0.309 e. The van der Waals surface area contributed by atoms with Crippen molar-refractivity contribution in [1.82, 2.24) is 10.4 Å². The molecule has 3 nitrogen and oxygen atoms in total. The van der Waals surface area contributed by atoms with E-state index in [4.69, 9.17) is 16.4 Å². The zero-order valence-electron chi connectivity index (χ0n) is 15.7. The predicted molar refractivity (Wildman–Crippen MR) is 107 cm³/mol. The molecule has 0 radical (unpaired) electrons. The van der Waals surface area contributed by atoms with Crippen molar-refractivity contribution in [3.63, 3.8) is 0 Å². The first-order chi connectivity index (χ1) is 11.8. The van der Waals surface area contributed by atoms with Crippen LogP contribution in [0.1, 0.15) is 32.3 Å². The normalized spacial score (nSPS) is 16.4. The van der Waals surface area contributed by atoms with Crippen molar-refractivity contribution in [2.75, 3.05) is 27.2 Å². The van der Waals surface area contributed by atoms with Gasteiger partial charge in [0.15, 0.2) is 0 Å². The third-order valence-corrected chi connectivity index (χ3v) is 4.48. The average Bonchev–Trinajstić information content (AvgIpc) is 2.52. The summed E-state index contributed by atoms with van der Waals surface area (Å²) in [7, 11) is 4.13. The largest absolute Gasteiger partial charge is 0.309 e. The first kappa shape index (κ1) is 19.8. The standard InChI is InChI=1S/C21H29ClN2O/c1-16(19-9-6-7-10-20(19)22)17-13-18(15-21(2,3)14-17)23-25-12-8-11-24(4)5/h6-7,9-10,13,15,23H,1,8,11-12,14H2,2-5H3. The molecule has 0 unspecified atom stereocenters. The highest BCUT2D eigenvalue weighted by molar-refractivity contribution is 6.32. The Labute approximate surface area is 157 Å². The predicted octanol–water partition coefficient (Wildman–Crippen LogP) is 5.07. The Morgan fingerprint density at radius 1 is 1.32 bits per heavy atom. The molecular weight excluding hydrogens is 332 g/mol. The van der Waals surface area contributed by atoms with E-state index in [-0.39, 0.29) is 5.41 Å². The number of benzene rings is 1. The second-order valence-electron chi connectivity index (χ2n) is 7.50. The lowest BCUT2D eigenvalue weighted by molar-refractivity contribution is 0.0588. The molecule has 1 aromatic carbocycles. The van der Waals surface area contributed by atoms with Gasteiger partial charge in [-0.1, -0.05) is 56.3 Å². The molecule has 0 heterocycles. The Balaban J connectivity index is 2.06. The lowest BCUT2D eigenvalue weighted by atomic mass is 9.78. The lowest BCUT2D eigenvalue weighted by Crippen LogP contribution is -2.23. The van der Waals surface area contributed by atoms with Crippen LogP contribution in [0, 0.1) is 5.41 Å². The summed E-state index contributed by atoms with van der Waals surface area (Å²) in [4.78, 5) is 7.78. The summed E-state index contributed by atoms with van der Waals surface area (Å²) in [6.45, 7) is 10.4. The molecule has 0 saturated heterocycles. The van der Waals surface area contributed by atoms with Crippen LogP contribution in [0.15, 0.2) is 54.3 Å². The van der Waals surface area contributed by atoms with Crippen LogP contribution in [-0.2, 0) is 4.84 Å². The van der Waals surface area contributed by atoms with Crippen LogP contribution in [0.25, 0.3) is 5.57 Å². The van der Waals surface area contributed by atoms with E-state index >= 15 is 0 Å². The third-order valence-electron chi connectivity index (χ3n) is 4.15. The summed E-state index contributed by atoms with van der Waals surface area (Å²) in [6.07, 6.45) is 6.23. The van der Waals surface area contributed by atoms with Crippen LogP contribution in [0.2, 0.25) is 5.02 Å². The molecule has 1 N–H and O–H groups in total. The molecule has 136 valence electrons. The second kappa shape index (κ2) is 8.70. The zero-order valence-corrected chi connectivity index (χ0v) is 16.5. The van der Waals surface area contributed by atoms with Crippen molar-refractivity contribution in [1.29, 1.82) is 0 Å². The summed E-state index contributed by atoms with van der Waals surface area (Å²) < 4.78 is 0. The number of halogens is 1. The van der Waals surface area contributed by atoms with Crippen molar-refractivity contribution in [2.24, 2.45) is 5.41 Å². The molecule has 0 aliphatic heterocycles. The summed E-state index contributed by atoms with van der Waals surface area (Å²) in [6, 6.07) is 7.84. The van der Waals surface area contributed by atoms with Gasteiger partial charge >= 0.3 is 0 Å². The van der Waals surface area contributed by atoms with Crippen molar-refractivity contribution in [3.8, 4) is 0 Å². The van der Waals surface area contributed by atoms with E-state index in [1.807, 2.05) is 24.3 Å². The van der Waals surface area contributed by atoms with Gasteiger partial charge in [-0.3, -0.25) is 10.3 Å². The van der Waals surface area contributed by atoms with E-state index in [9.17, 15) is 0 Å². The highest BCUT2D eigenvalue weighted by atomic mass is 35.5. The quantitative estimate of drug-likeness (QED) is 0.517. The Bertz CT molecular complexity index is 674. The molecule has 0 bridgehead atoms. The number of nitrogens with one attached hydrogen (secondary N) is 1. The molecule has 1 aliphatic carbocycles. The number of rotatable bonds is 8. The van der Waals surface area contributed by atoms with E-state index in [1.54, 1.807) is 0 Å². The Morgan fingerprint density at radius 3 is 2.72 bits per heavy atom. The highest BCUT2D eigenvalue weighted by Gasteiger charge is 2.24. The van der Waals surface area contributed by atoms with Gasteiger partial charge in [-0.05, 0) is 67.7 Å². The van der Waals surface area contributed by atoms with Gasteiger partial charge in [-0.15, -0.1) is 0 Å². The summed E-state index contributed by atoms with van der Waals surface area (Å²) >= 11 is 6.34. The molecule has 0 fully saturated rings. The van der Waals surface area contributed by atoms with Crippen LogP contribution in [0.5, 0.6) is 0 Å². The number of allylic oxidation sites excluding steroid dienone is 4. The van der Waals surface area contributed by atoms with E-state index in [0.29, 0.717) is 6.61 Å². The number of hydroxylamine groups is 1. The zero-order chi connectivity index (χ0) is 18.4. The minimum atomic E-state index is 0.0314. The fraction of sp³-hybridized carbons (Fsp3) is 0.429. The first-order valence-electron chi connectivity index (χ1n) is 8.69. The highest BCUT2D eigenvalue weighted by Crippen LogP contribution is 2.39. The minimum absolute atomic E-state index is 0.0314. The monoisotopic (exact) mass is 360 g/mol. The van der Waals surface area contributed by atoms with Crippen molar-refractivity contribution < 1.29 is 4.84 Å². The number of hydrogen-bond acceptors (Lipinski definition) is 3. The van der Waals surface area contributed by atoms with Gasteiger partial charge in [-0.25, -0.2) is 0 Å². The SMILES string of the molecule is C=C(C1=CC(NOCCCN(C)C)=CC(C)(C)C1)c1ccccc1Cl. The molecule has 2 rings (SSSR count).